The molecule has 0 bridgehead atoms. The minimum Gasteiger partial charge on any atom is -0.288 e. The lowest BCUT2D eigenvalue weighted by Crippen LogP contribution is -2.02. The highest BCUT2D eigenvalue weighted by atomic mass is 15.3. The van der Waals surface area contributed by atoms with Crippen molar-refractivity contribution in [3.05, 3.63) is 72.6 Å². The summed E-state index contributed by atoms with van der Waals surface area (Å²) >= 11 is 0. The predicted molar refractivity (Wildman–Crippen MR) is 89.5 cm³/mol. The molecular weight excluding hydrogens is 288 g/mol. The molecule has 0 aromatic carbocycles. The van der Waals surface area contributed by atoms with Crippen LogP contribution in [0.15, 0.2) is 66.3 Å². The smallest absolute Gasteiger partial charge is 0.250 e. The second kappa shape index (κ2) is 6.74. The molecule has 3 heterocycles. The molecule has 3 aromatic rings. The maximum absolute atomic E-state index is 4.51. The van der Waals surface area contributed by atoms with E-state index in [1.54, 1.807) is 42.6 Å². The molecule has 6 nitrogen and oxygen atoms in total. The number of hydrogen-bond donors (Lipinski definition) is 0. The molecule has 3 rings (SSSR count). The Balaban J connectivity index is 1.88. The molecule has 6 heteroatoms. The first-order valence-electron chi connectivity index (χ1n) is 7.17. The number of aliphatic imine (C=N–C) groups is 1. The van der Waals surface area contributed by atoms with Gasteiger partial charge in [0.2, 0.25) is 5.95 Å². The Morgan fingerprint density at radius 2 is 1.96 bits per heavy atom. The van der Waals surface area contributed by atoms with Crippen molar-refractivity contribution in [2.45, 2.75) is 6.92 Å². The zero-order chi connectivity index (χ0) is 16.1. The number of allylic oxidation sites excluding steroid dienone is 2. The second-order valence-electron chi connectivity index (χ2n) is 4.87. The summed E-state index contributed by atoms with van der Waals surface area (Å²) in [5.74, 6) is 0.545. The van der Waals surface area contributed by atoms with Crippen LogP contribution in [0.1, 0.15) is 18.2 Å². The van der Waals surface area contributed by atoms with Crippen molar-refractivity contribution in [1.82, 2.24) is 24.7 Å². The van der Waals surface area contributed by atoms with Crippen LogP contribution in [-0.2, 0) is 0 Å². The molecule has 0 saturated heterocycles. The van der Waals surface area contributed by atoms with Crippen LogP contribution in [0.2, 0.25) is 0 Å². The Morgan fingerprint density at radius 1 is 1.13 bits per heavy atom. The molecule has 23 heavy (non-hydrogen) atoms. The number of nitrogens with zero attached hydrogens (tertiary/aromatic N) is 6. The zero-order valence-electron chi connectivity index (χ0n) is 13.0. The van der Waals surface area contributed by atoms with Gasteiger partial charge in [0.1, 0.15) is 0 Å². The summed E-state index contributed by atoms with van der Waals surface area (Å²) in [5, 5.41) is 4.51. The van der Waals surface area contributed by atoms with Crippen LogP contribution in [0.5, 0.6) is 0 Å². The van der Waals surface area contributed by atoms with Crippen molar-refractivity contribution >= 4 is 11.3 Å². The predicted octanol–water partition coefficient (Wildman–Crippen LogP) is 2.58. The second-order valence-corrected chi connectivity index (χ2v) is 4.87. The van der Waals surface area contributed by atoms with Crippen LogP contribution in [0.4, 0.5) is 0 Å². The van der Waals surface area contributed by atoms with E-state index in [2.05, 4.69) is 25.0 Å². The van der Waals surface area contributed by atoms with Gasteiger partial charge in [0.05, 0.1) is 11.4 Å². The van der Waals surface area contributed by atoms with Crippen LogP contribution in [0.3, 0.4) is 0 Å². The van der Waals surface area contributed by atoms with Crippen LogP contribution in [0, 0.1) is 0 Å². The third-order valence-corrected chi connectivity index (χ3v) is 3.30. The first-order valence-corrected chi connectivity index (χ1v) is 7.17. The lowest BCUT2D eigenvalue weighted by molar-refractivity contribution is 0.803. The monoisotopic (exact) mass is 304 g/mol. The van der Waals surface area contributed by atoms with Crippen LogP contribution in [-0.4, -0.2) is 37.5 Å². The Morgan fingerprint density at radius 3 is 2.65 bits per heavy atom. The minimum absolute atomic E-state index is 0.545. The number of rotatable bonds is 4. The topological polar surface area (TPSA) is 68.8 Å². The summed E-state index contributed by atoms with van der Waals surface area (Å²) in [5.41, 5.74) is 3.69. The highest BCUT2D eigenvalue weighted by Gasteiger charge is 2.06. The van der Waals surface area contributed by atoms with Gasteiger partial charge in [0, 0.05) is 43.6 Å². The average Bonchev–Trinajstić information content (AvgIpc) is 3.11. The van der Waals surface area contributed by atoms with Crippen molar-refractivity contribution < 1.29 is 0 Å². The molecule has 114 valence electrons. The van der Waals surface area contributed by atoms with Gasteiger partial charge in [-0.05, 0) is 42.8 Å². The quantitative estimate of drug-likeness (QED) is 0.695. The van der Waals surface area contributed by atoms with Crippen molar-refractivity contribution in [2.24, 2.45) is 4.99 Å². The van der Waals surface area contributed by atoms with Crippen molar-refractivity contribution in [1.29, 1.82) is 0 Å². The molecule has 0 aliphatic carbocycles. The van der Waals surface area contributed by atoms with E-state index >= 15 is 0 Å². The third-order valence-electron chi connectivity index (χ3n) is 3.30. The maximum atomic E-state index is 4.51. The number of aromatic nitrogens is 5. The van der Waals surface area contributed by atoms with E-state index in [1.165, 1.54) is 0 Å². The average molecular weight is 304 g/mol. The van der Waals surface area contributed by atoms with E-state index in [-0.39, 0.29) is 0 Å². The normalized spacial score (nSPS) is 12.4. The summed E-state index contributed by atoms with van der Waals surface area (Å²) < 4.78 is 1.65. The van der Waals surface area contributed by atoms with Gasteiger partial charge >= 0.3 is 0 Å². The molecule has 0 amide bonds. The van der Waals surface area contributed by atoms with Crippen LogP contribution >= 0.6 is 0 Å². The molecule has 3 aromatic heterocycles. The van der Waals surface area contributed by atoms with E-state index in [9.17, 15) is 0 Å². The maximum Gasteiger partial charge on any atom is 0.250 e. The fourth-order valence-corrected chi connectivity index (χ4v) is 2.13. The molecule has 0 aliphatic rings. The molecule has 0 atom stereocenters. The standard InChI is InChI=1S/C17H16N6/c1-13(11-16(18-2)14-5-3-7-19-12-14)15-6-10-23(22-15)17-20-8-4-9-21-17/h3-12H,1-2H3/b13-11+,18-16?. The molecule has 0 saturated carbocycles. The van der Waals surface area contributed by atoms with Gasteiger partial charge in [-0.15, -0.1) is 0 Å². The first kappa shape index (κ1) is 14.8. The SMILES string of the molecule is CN=C(/C=C(\C)c1ccn(-c2ncccn2)n1)c1cccnc1. The Hall–Kier alpha value is -3.15. The van der Waals surface area contributed by atoms with Gasteiger partial charge in [0.25, 0.3) is 0 Å². The number of pyridine rings is 1. The molecule has 0 N–H and O–H groups in total. The fourth-order valence-electron chi connectivity index (χ4n) is 2.13. The molecule has 0 fully saturated rings. The summed E-state index contributed by atoms with van der Waals surface area (Å²) in [6.07, 6.45) is 10.8. The zero-order valence-corrected chi connectivity index (χ0v) is 13.0. The van der Waals surface area contributed by atoms with E-state index in [0.717, 1.165) is 22.5 Å². The van der Waals surface area contributed by atoms with E-state index in [4.69, 9.17) is 0 Å². The van der Waals surface area contributed by atoms with Gasteiger partial charge < -0.3 is 0 Å². The van der Waals surface area contributed by atoms with Gasteiger partial charge in [-0.2, -0.15) is 5.10 Å². The van der Waals surface area contributed by atoms with E-state index < -0.39 is 0 Å². The van der Waals surface area contributed by atoms with Gasteiger partial charge in [-0.1, -0.05) is 0 Å². The molecule has 0 spiro atoms. The summed E-state index contributed by atoms with van der Waals surface area (Å²) in [7, 11) is 1.77. The Labute approximate surface area is 134 Å². The lowest BCUT2D eigenvalue weighted by atomic mass is 10.1. The van der Waals surface area contributed by atoms with Gasteiger partial charge in [0.15, 0.2) is 0 Å². The Kier molecular flexibility index (Phi) is 4.33. The number of hydrogen-bond acceptors (Lipinski definition) is 5. The highest BCUT2D eigenvalue weighted by Crippen LogP contribution is 2.14. The Bertz CT molecular complexity index is 834. The molecule has 0 radical (unpaired) electrons. The van der Waals surface area contributed by atoms with Crippen molar-refractivity contribution in [3.63, 3.8) is 0 Å². The van der Waals surface area contributed by atoms with Gasteiger partial charge in [-0.25, -0.2) is 14.6 Å². The minimum atomic E-state index is 0.545. The van der Waals surface area contributed by atoms with Crippen LogP contribution in [0.25, 0.3) is 11.5 Å². The van der Waals surface area contributed by atoms with Crippen molar-refractivity contribution in [2.75, 3.05) is 7.05 Å². The molecule has 0 aliphatic heterocycles. The van der Waals surface area contributed by atoms with Crippen molar-refractivity contribution in [3.8, 4) is 5.95 Å². The fraction of sp³-hybridized carbons (Fsp3) is 0.118. The largest absolute Gasteiger partial charge is 0.288 e. The molecular formula is C17H16N6. The summed E-state index contributed by atoms with van der Waals surface area (Å²) in [6, 6.07) is 7.58. The lowest BCUT2D eigenvalue weighted by Gasteiger charge is -2.02. The first-order chi connectivity index (χ1) is 11.3. The molecule has 0 unspecified atom stereocenters. The van der Waals surface area contributed by atoms with Gasteiger partial charge in [-0.3, -0.25) is 9.98 Å². The third kappa shape index (κ3) is 3.37. The highest BCUT2D eigenvalue weighted by molar-refractivity contribution is 6.11. The summed E-state index contributed by atoms with van der Waals surface area (Å²) in [6.45, 7) is 2.00. The van der Waals surface area contributed by atoms with Crippen LogP contribution < -0.4 is 0 Å². The van der Waals surface area contributed by atoms with E-state index in [0.29, 0.717) is 5.95 Å². The van der Waals surface area contributed by atoms with E-state index in [1.807, 2.05) is 37.4 Å². The summed E-state index contributed by atoms with van der Waals surface area (Å²) in [4.78, 5) is 16.8.